The Balaban J connectivity index is 1.63. The third kappa shape index (κ3) is 5.05. The van der Waals surface area contributed by atoms with Gasteiger partial charge in [-0.2, -0.15) is 0 Å². The fraction of sp³-hybridized carbons (Fsp3) is 0.571. The molecule has 0 heterocycles. The molecular formula is C21H28BrNO4S. The molecule has 0 spiro atoms. The van der Waals surface area contributed by atoms with E-state index in [1.165, 1.54) is 19.3 Å². The average Bonchev–Trinajstić information content (AvgIpc) is 3.20. The maximum absolute atomic E-state index is 12.8. The summed E-state index contributed by atoms with van der Waals surface area (Å²) in [6, 6.07) is 5.21. The van der Waals surface area contributed by atoms with Crippen LogP contribution >= 0.6 is 15.9 Å². The van der Waals surface area contributed by atoms with E-state index < -0.39 is 16.0 Å². The fourth-order valence-electron chi connectivity index (χ4n) is 4.88. The number of hydrogen-bond donors (Lipinski definition) is 2. The lowest BCUT2D eigenvalue weighted by Gasteiger charge is -2.29. The maximum Gasteiger partial charge on any atom is 0.303 e. The number of aliphatic carboxylic acids is 1. The Labute approximate surface area is 175 Å². The quantitative estimate of drug-likeness (QED) is 0.411. The van der Waals surface area contributed by atoms with Crippen LogP contribution in [0.1, 0.15) is 44.1 Å². The summed E-state index contributed by atoms with van der Waals surface area (Å²) in [5, 5.41) is 8.74. The summed E-state index contributed by atoms with van der Waals surface area (Å²) in [4.78, 5) is 11.0. The zero-order chi connectivity index (χ0) is 20.3. The lowest BCUT2D eigenvalue weighted by molar-refractivity contribution is -0.137. The van der Waals surface area contributed by atoms with Gasteiger partial charge in [0.2, 0.25) is 10.0 Å². The van der Waals surface area contributed by atoms with Crippen LogP contribution in [-0.4, -0.2) is 26.0 Å². The lowest BCUT2D eigenvalue weighted by Crippen LogP contribution is -2.35. The summed E-state index contributed by atoms with van der Waals surface area (Å²) in [7, 11) is -3.53. The molecular weight excluding hydrogens is 442 g/mol. The molecule has 0 amide bonds. The maximum atomic E-state index is 12.8. The van der Waals surface area contributed by atoms with E-state index in [0.717, 1.165) is 16.5 Å². The number of benzene rings is 1. The number of carbonyl (C=O) groups is 1. The first-order valence-electron chi connectivity index (χ1n) is 9.92. The molecule has 1 aromatic rings. The molecule has 4 unspecified atom stereocenters. The van der Waals surface area contributed by atoms with Crippen LogP contribution in [0, 0.1) is 30.6 Å². The zero-order valence-corrected chi connectivity index (χ0v) is 18.5. The number of carboxylic acids is 1. The van der Waals surface area contributed by atoms with Crippen LogP contribution < -0.4 is 4.72 Å². The van der Waals surface area contributed by atoms with Gasteiger partial charge in [0.25, 0.3) is 0 Å². The molecule has 2 bridgehead atoms. The van der Waals surface area contributed by atoms with E-state index in [9.17, 15) is 13.2 Å². The summed E-state index contributed by atoms with van der Waals surface area (Å²) in [5.74, 6) is 1.15. The number of halogens is 1. The first kappa shape index (κ1) is 21.5. The van der Waals surface area contributed by atoms with Gasteiger partial charge in [-0.3, -0.25) is 4.79 Å². The summed E-state index contributed by atoms with van der Waals surface area (Å²) in [6.45, 7) is 2.27. The third-order valence-electron chi connectivity index (χ3n) is 6.21. The molecule has 154 valence electrons. The number of sulfonamides is 1. The van der Waals surface area contributed by atoms with E-state index in [2.05, 4.69) is 32.8 Å². The summed E-state index contributed by atoms with van der Waals surface area (Å²) < 4.78 is 29.3. The van der Waals surface area contributed by atoms with Crippen molar-refractivity contribution in [3.8, 4) is 0 Å². The first-order chi connectivity index (χ1) is 13.3. The van der Waals surface area contributed by atoms with Crippen LogP contribution in [0.5, 0.6) is 0 Å². The van der Waals surface area contributed by atoms with Crippen LogP contribution in [0.2, 0.25) is 0 Å². The number of carboxylic acid groups (broad SMARTS) is 1. The number of hydrogen-bond acceptors (Lipinski definition) is 3. The molecule has 5 nitrogen and oxygen atoms in total. The van der Waals surface area contributed by atoms with E-state index in [4.69, 9.17) is 5.11 Å². The van der Waals surface area contributed by atoms with Crippen LogP contribution in [0.4, 0.5) is 0 Å². The van der Waals surface area contributed by atoms with Crippen molar-refractivity contribution < 1.29 is 18.3 Å². The Morgan fingerprint density at radius 1 is 1.32 bits per heavy atom. The van der Waals surface area contributed by atoms with Gasteiger partial charge in [0, 0.05) is 17.4 Å². The Kier molecular flexibility index (Phi) is 6.99. The normalized spacial score (nSPS) is 26.9. The van der Waals surface area contributed by atoms with Crippen molar-refractivity contribution in [1.82, 2.24) is 4.72 Å². The summed E-state index contributed by atoms with van der Waals surface area (Å²) in [5.41, 5.74) is 0.727. The van der Waals surface area contributed by atoms with Gasteiger partial charge in [0.05, 0.1) is 4.90 Å². The predicted octanol–water partition coefficient (Wildman–Crippen LogP) is 4.51. The van der Waals surface area contributed by atoms with E-state index in [0.29, 0.717) is 41.5 Å². The minimum Gasteiger partial charge on any atom is -0.481 e. The number of fused-ring (bicyclic) bond motifs is 2. The van der Waals surface area contributed by atoms with Gasteiger partial charge in [-0.15, -0.1) is 0 Å². The van der Waals surface area contributed by atoms with Crippen LogP contribution in [0.15, 0.2) is 39.7 Å². The lowest BCUT2D eigenvalue weighted by atomic mass is 9.79. The second kappa shape index (κ2) is 9.09. The van der Waals surface area contributed by atoms with E-state index in [1.54, 1.807) is 19.1 Å². The molecule has 28 heavy (non-hydrogen) atoms. The van der Waals surface area contributed by atoms with Gasteiger partial charge in [-0.1, -0.05) is 28.1 Å². The van der Waals surface area contributed by atoms with E-state index in [1.807, 2.05) is 6.07 Å². The number of allylic oxidation sites excluding steroid dienone is 2. The average molecular weight is 470 g/mol. The highest BCUT2D eigenvalue weighted by Gasteiger charge is 2.46. The van der Waals surface area contributed by atoms with Gasteiger partial charge in [-0.05, 0) is 86.5 Å². The van der Waals surface area contributed by atoms with E-state index in [-0.39, 0.29) is 6.42 Å². The monoisotopic (exact) mass is 469 g/mol. The van der Waals surface area contributed by atoms with Crippen molar-refractivity contribution in [1.29, 1.82) is 0 Å². The molecule has 0 saturated heterocycles. The SMILES string of the molecule is Cc1cc(Br)ccc1S(=O)(=O)NCC1C2CCC(C2)C1/C=C\CCCC(=O)O. The minimum atomic E-state index is -3.53. The Morgan fingerprint density at radius 2 is 2.07 bits per heavy atom. The van der Waals surface area contributed by atoms with E-state index >= 15 is 0 Å². The van der Waals surface area contributed by atoms with Crippen LogP contribution in [-0.2, 0) is 14.8 Å². The van der Waals surface area contributed by atoms with Crippen molar-refractivity contribution in [2.75, 3.05) is 6.54 Å². The molecule has 4 atom stereocenters. The molecule has 1 aromatic carbocycles. The molecule has 0 radical (unpaired) electrons. The van der Waals surface area contributed by atoms with Crippen molar-refractivity contribution in [3.05, 3.63) is 40.4 Å². The first-order valence-corrected chi connectivity index (χ1v) is 12.2. The Hall–Kier alpha value is -1.18. The van der Waals surface area contributed by atoms with Crippen molar-refractivity contribution in [2.45, 2.75) is 50.3 Å². The molecule has 2 aliphatic carbocycles. The van der Waals surface area contributed by atoms with Crippen molar-refractivity contribution >= 4 is 31.9 Å². The van der Waals surface area contributed by atoms with Gasteiger partial charge >= 0.3 is 5.97 Å². The standard InChI is InChI=1S/C21H28BrNO4S/c1-14-11-17(22)9-10-20(14)28(26,27)23-13-19-16-8-7-15(12-16)18(19)5-3-2-4-6-21(24)25/h3,5,9-11,15-16,18-19,23H,2,4,6-8,12-13H2,1H3,(H,24,25)/b5-3-. The fourth-order valence-corrected chi connectivity index (χ4v) is 6.65. The molecule has 2 N–H and O–H groups in total. The molecule has 0 aromatic heterocycles. The second-order valence-corrected chi connectivity index (χ2v) is 10.7. The Bertz CT molecular complexity index is 852. The molecule has 3 rings (SSSR count). The molecule has 2 aliphatic rings. The minimum absolute atomic E-state index is 0.191. The van der Waals surface area contributed by atoms with Crippen molar-refractivity contribution in [2.24, 2.45) is 23.7 Å². The van der Waals surface area contributed by atoms with Crippen molar-refractivity contribution in [3.63, 3.8) is 0 Å². The highest BCUT2D eigenvalue weighted by Crippen LogP contribution is 2.52. The van der Waals surface area contributed by atoms with Gasteiger partial charge in [-0.25, -0.2) is 13.1 Å². The highest BCUT2D eigenvalue weighted by atomic mass is 79.9. The topological polar surface area (TPSA) is 83.5 Å². The van der Waals surface area contributed by atoms with Gasteiger partial charge in [0.1, 0.15) is 0 Å². The van der Waals surface area contributed by atoms with Gasteiger partial charge in [0.15, 0.2) is 0 Å². The summed E-state index contributed by atoms with van der Waals surface area (Å²) >= 11 is 3.37. The second-order valence-electron chi connectivity index (χ2n) is 8.05. The van der Waals surface area contributed by atoms with Crippen LogP contribution in [0.3, 0.4) is 0 Å². The highest BCUT2D eigenvalue weighted by molar-refractivity contribution is 9.10. The van der Waals surface area contributed by atoms with Crippen LogP contribution in [0.25, 0.3) is 0 Å². The Morgan fingerprint density at radius 3 is 2.79 bits per heavy atom. The number of rotatable bonds is 9. The molecule has 2 saturated carbocycles. The molecule has 7 heteroatoms. The third-order valence-corrected chi connectivity index (χ3v) is 8.29. The zero-order valence-electron chi connectivity index (χ0n) is 16.1. The summed E-state index contributed by atoms with van der Waals surface area (Å²) in [6.07, 6.45) is 9.47. The molecule has 2 fully saturated rings. The molecule has 0 aliphatic heterocycles. The van der Waals surface area contributed by atoms with Gasteiger partial charge < -0.3 is 5.11 Å². The number of unbranched alkanes of at least 4 members (excludes halogenated alkanes) is 1. The largest absolute Gasteiger partial charge is 0.481 e. The predicted molar refractivity (Wildman–Crippen MR) is 113 cm³/mol. The smallest absolute Gasteiger partial charge is 0.303 e. The number of aryl methyl sites for hydroxylation is 1. The number of nitrogens with one attached hydrogen (secondary N) is 1.